The highest BCUT2D eigenvalue weighted by Crippen LogP contribution is 2.47. The van der Waals surface area contributed by atoms with Gasteiger partial charge in [0, 0.05) is 22.8 Å². The number of carbonyl (C=O) groups excluding carboxylic acids is 1. The largest absolute Gasteiger partial charge is 0.497 e. The standard InChI is InChI=1S/C19H23NO2Si/c1-22-15-12-10-14(11-13-15)20-17-9-7-5-6-8-16(17)18(19(20)21)23(2,3)4/h5-13,16,18H,1-4H3/t16-,18+/m1/s1. The van der Waals surface area contributed by atoms with E-state index in [2.05, 4.69) is 37.9 Å². The molecule has 4 heteroatoms. The van der Waals surface area contributed by atoms with Crippen LogP contribution in [0.2, 0.25) is 25.2 Å². The van der Waals surface area contributed by atoms with Crippen LogP contribution in [0.25, 0.3) is 0 Å². The maximum atomic E-state index is 13.2. The van der Waals surface area contributed by atoms with Crippen LogP contribution in [0, 0.1) is 5.92 Å². The summed E-state index contributed by atoms with van der Waals surface area (Å²) in [5.74, 6) is 1.20. The molecule has 0 radical (unpaired) electrons. The van der Waals surface area contributed by atoms with Crippen LogP contribution in [-0.2, 0) is 4.79 Å². The predicted molar refractivity (Wildman–Crippen MR) is 97.4 cm³/mol. The van der Waals surface area contributed by atoms with Gasteiger partial charge in [-0.3, -0.25) is 9.69 Å². The molecule has 23 heavy (non-hydrogen) atoms. The number of methoxy groups -OCH3 is 1. The lowest BCUT2D eigenvalue weighted by Gasteiger charge is -2.26. The third-order valence-electron chi connectivity index (χ3n) is 4.52. The van der Waals surface area contributed by atoms with Gasteiger partial charge >= 0.3 is 0 Å². The van der Waals surface area contributed by atoms with Crippen LogP contribution in [0.1, 0.15) is 0 Å². The zero-order valence-electron chi connectivity index (χ0n) is 14.1. The highest BCUT2D eigenvalue weighted by Gasteiger charge is 2.49. The Balaban J connectivity index is 2.08. The molecule has 3 nitrogen and oxygen atoms in total. The second-order valence-corrected chi connectivity index (χ2v) is 12.5. The van der Waals surface area contributed by atoms with Gasteiger partial charge < -0.3 is 4.74 Å². The number of amides is 1. The molecule has 120 valence electrons. The lowest BCUT2D eigenvalue weighted by Crippen LogP contribution is -2.37. The lowest BCUT2D eigenvalue weighted by molar-refractivity contribution is -0.117. The molecule has 0 spiro atoms. The maximum Gasteiger partial charge on any atom is 0.232 e. The second kappa shape index (κ2) is 5.85. The summed E-state index contributed by atoms with van der Waals surface area (Å²) >= 11 is 0. The van der Waals surface area contributed by atoms with Gasteiger partial charge in [0.05, 0.1) is 15.2 Å². The molecule has 2 atom stereocenters. The number of carbonyl (C=O) groups is 1. The van der Waals surface area contributed by atoms with Gasteiger partial charge in [-0.15, -0.1) is 0 Å². The summed E-state index contributed by atoms with van der Waals surface area (Å²) in [6.45, 7) is 6.82. The van der Waals surface area contributed by atoms with Crippen LogP contribution < -0.4 is 9.64 Å². The molecular weight excluding hydrogens is 302 g/mol. The van der Waals surface area contributed by atoms with E-state index in [9.17, 15) is 4.79 Å². The van der Waals surface area contributed by atoms with Crippen LogP contribution in [0.4, 0.5) is 5.69 Å². The van der Waals surface area contributed by atoms with E-state index in [1.807, 2.05) is 41.3 Å². The van der Waals surface area contributed by atoms with E-state index >= 15 is 0 Å². The number of anilines is 1. The van der Waals surface area contributed by atoms with E-state index in [0.717, 1.165) is 17.1 Å². The fraction of sp³-hybridized carbons (Fsp3) is 0.316. The minimum Gasteiger partial charge on any atom is -0.497 e. The third kappa shape index (κ3) is 2.79. The molecule has 1 aromatic carbocycles. The van der Waals surface area contributed by atoms with Crippen molar-refractivity contribution in [1.82, 2.24) is 0 Å². The van der Waals surface area contributed by atoms with Crippen LogP contribution in [0.5, 0.6) is 5.75 Å². The van der Waals surface area contributed by atoms with Gasteiger partial charge in [-0.05, 0) is 30.3 Å². The summed E-state index contributed by atoms with van der Waals surface area (Å²) in [5, 5.41) is 0. The van der Waals surface area contributed by atoms with Crippen molar-refractivity contribution in [3.05, 3.63) is 60.3 Å². The van der Waals surface area contributed by atoms with Gasteiger partial charge in [0.1, 0.15) is 5.75 Å². The summed E-state index contributed by atoms with van der Waals surface area (Å²) in [6, 6.07) is 7.73. The highest BCUT2D eigenvalue weighted by atomic mass is 28.3. The first-order valence-corrected chi connectivity index (χ1v) is 11.5. The van der Waals surface area contributed by atoms with Crippen LogP contribution >= 0.6 is 0 Å². The quantitative estimate of drug-likeness (QED) is 0.772. The Bertz CT molecular complexity index is 695. The molecule has 3 rings (SSSR count). The van der Waals surface area contributed by atoms with Crippen LogP contribution in [-0.4, -0.2) is 21.1 Å². The molecule has 1 fully saturated rings. The summed E-state index contributed by atoms with van der Waals surface area (Å²) < 4.78 is 5.23. The average Bonchev–Trinajstić information content (AvgIpc) is 2.64. The van der Waals surface area contributed by atoms with E-state index in [0.29, 0.717) is 0 Å². The Kier molecular flexibility index (Phi) is 4.02. The Morgan fingerprint density at radius 3 is 2.35 bits per heavy atom. The van der Waals surface area contributed by atoms with Crippen molar-refractivity contribution in [1.29, 1.82) is 0 Å². The summed E-state index contributed by atoms with van der Waals surface area (Å²) in [5.41, 5.74) is 2.07. The molecule has 0 bridgehead atoms. The van der Waals surface area contributed by atoms with E-state index in [1.54, 1.807) is 7.11 Å². The number of hydrogen-bond donors (Lipinski definition) is 0. The number of nitrogens with zero attached hydrogens (tertiary/aromatic N) is 1. The molecule has 1 heterocycles. The zero-order chi connectivity index (χ0) is 16.6. The fourth-order valence-electron chi connectivity index (χ4n) is 3.45. The van der Waals surface area contributed by atoms with Gasteiger partial charge in [0.2, 0.25) is 5.91 Å². The van der Waals surface area contributed by atoms with Gasteiger partial charge in [-0.1, -0.05) is 43.9 Å². The van der Waals surface area contributed by atoms with Crippen LogP contribution in [0.15, 0.2) is 60.3 Å². The fourth-order valence-corrected chi connectivity index (χ4v) is 5.68. The molecule has 0 aromatic heterocycles. The summed E-state index contributed by atoms with van der Waals surface area (Å²) in [7, 11) is 0.00342. The zero-order valence-corrected chi connectivity index (χ0v) is 15.1. The Labute approximate surface area is 139 Å². The number of rotatable bonds is 3. The summed E-state index contributed by atoms with van der Waals surface area (Å²) in [4.78, 5) is 15.1. The molecule has 1 saturated heterocycles. The molecule has 1 amide bonds. The Hall–Kier alpha value is -2.07. The molecule has 1 aromatic rings. The van der Waals surface area contributed by atoms with Crippen molar-refractivity contribution in [2.75, 3.05) is 12.0 Å². The SMILES string of the molecule is COc1ccc(N2C(=O)[C@@H]([Si](C)(C)C)[C@@H]3C=CC=CC=C32)cc1. The minimum atomic E-state index is -1.65. The van der Waals surface area contributed by atoms with E-state index in [4.69, 9.17) is 4.74 Å². The monoisotopic (exact) mass is 325 g/mol. The molecule has 2 aliphatic rings. The highest BCUT2D eigenvalue weighted by molar-refractivity contribution is 6.81. The maximum absolute atomic E-state index is 13.2. The van der Waals surface area contributed by atoms with Crippen LogP contribution in [0.3, 0.4) is 0 Å². The number of allylic oxidation sites excluding steroid dienone is 5. The normalized spacial score (nSPS) is 23.6. The lowest BCUT2D eigenvalue weighted by atomic mass is 10.0. The van der Waals surface area contributed by atoms with E-state index in [1.165, 1.54) is 0 Å². The van der Waals surface area contributed by atoms with Crippen molar-refractivity contribution < 1.29 is 9.53 Å². The van der Waals surface area contributed by atoms with Gasteiger partial charge in [-0.25, -0.2) is 0 Å². The van der Waals surface area contributed by atoms with Crippen molar-refractivity contribution in [2.45, 2.75) is 25.2 Å². The molecule has 1 aliphatic carbocycles. The number of benzene rings is 1. The number of fused-ring (bicyclic) bond motifs is 1. The van der Waals surface area contributed by atoms with Gasteiger partial charge in [0.15, 0.2) is 0 Å². The summed E-state index contributed by atoms with van der Waals surface area (Å²) in [6.07, 6.45) is 10.4. The second-order valence-electron chi connectivity index (χ2n) is 7.10. The van der Waals surface area contributed by atoms with Gasteiger partial charge in [0.25, 0.3) is 0 Å². The first kappa shape index (κ1) is 15.8. The molecule has 0 unspecified atom stereocenters. The first-order chi connectivity index (χ1) is 10.9. The molecule has 0 N–H and O–H groups in total. The number of ether oxygens (including phenoxy) is 1. The van der Waals surface area contributed by atoms with E-state index < -0.39 is 8.07 Å². The smallest absolute Gasteiger partial charge is 0.232 e. The van der Waals surface area contributed by atoms with Gasteiger partial charge in [-0.2, -0.15) is 0 Å². The van der Waals surface area contributed by atoms with Crippen molar-refractivity contribution in [3.8, 4) is 5.75 Å². The topological polar surface area (TPSA) is 29.5 Å². The third-order valence-corrected chi connectivity index (χ3v) is 6.99. The Morgan fingerprint density at radius 1 is 1.04 bits per heavy atom. The van der Waals surface area contributed by atoms with Crippen molar-refractivity contribution in [2.24, 2.45) is 5.92 Å². The minimum absolute atomic E-state index is 0.0759. The number of hydrogen-bond acceptors (Lipinski definition) is 2. The average molecular weight is 325 g/mol. The van der Waals surface area contributed by atoms with Crippen molar-refractivity contribution >= 4 is 19.7 Å². The Morgan fingerprint density at radius 2 is 1.74 bits per heavy atom. The van der Waals surface area contributed by atoms with Crippen molar-refractivity contribution in [3.63, 3.8) is 0 Å². The van der Waals surface area contributed by atoms with E-state index in [-0.39, 0.29) is 17.4 Å². The molecule has 1 aliphatic heterocycles. The first-order valence-electron chi connectivity index (χ1n) is 7.96. The molecular formula is C19H23NO2Si. The molecule has 0 saturated carbocycles. The predicted octanol–water partition coefficient (Wildman–Crippen LogP) is 4.38.